The highest BCUT2D eigenvalue weighted by atomic mass is 16.5. The topological polar surface area (TPSA) is 129 Å². The Morgan fingerprint density at radius 1 is 1.36 bits per heavy atom. The number of nitrogens with two attached hydrogens (primary N) is 1. The molecule has 128 valence electrons. The Bertz CT molecular complexity index is 988. The molecule has 1 atom stereocenters. The fourth-order valence-electron chi connectivity index (χ4n) is 3.00. The third kappa shape index (κ3) is 2.78. The number of carbonyl (C=O) groups excluding carboxylic acids is 1. The Labute approximate surface area is 141 Å². The molecular formula is C16H16N6O3. The van der Waals surface area contributed by atoms with E-state index in [1.807, 2.05) is 0 Å². The molecule has 0 aromatic carbocycles. The molecule has 3 aromatic heterocycles. The minimum Gasteiger partial charge on any atom is -0.376 e. The number of rotatable bonds is 4. The summed E-state index contributed by atoms with van der Waals surface area (Å²) in [5.74, 6) is -0.419. The van der Waals surface area contributed by atoms with Crippen LogP contribution in [0.25, 0.3) is 22.6 Å². The van der Waals surface area contributed by atoms with E-state index in [9.17, 15) is 9.59 Å². The molecule has 1 fully saturated rings. The first kappa shape index (κ1) is 15.5. The molecule has 0 radical (unpaired) electrons. The lowest BCUT2D eigenvalue weighted by molar-refractivity contribution is 0.0970. The van der Waals surface area contributed by atoms with Gasteiger partial charge in [-0.05, 0) is 25.0 Å². The van der Waals surface area contributed by atoms with Gasteiger partial charge in [0, 0.05) is 24.6 Å². The van der Waals surface area contributed by atoms with E-state index in [2.05, 4.69) is 19.9 Å². The summed E-state index contributed by atoms with van der Waals surface area (Å²) in [4.78, 5) is 39.5. The first-order valence-electron chi connectivity index (χ1n) is 7.96. The lowest BCUT2D eigenvalue weighted by Crippen LogP contribution is -2.24. The van der Waals surface area contributed by atoms with Crippen molar-refractivity contribution in [1.29, 1.82) is 0 Å². The molecular weight excluding hydrogens is 324 g/mol. The van der Waals surface area contributed by atoms with Gasteiger partial charge in [-0.1, -0.05) is 0 Å². The van der Waals surface area contributed by atoms with Crippen LogP contribution in [0.4, 0.5) is 0 Å². The van der Waals surface area contributed by atoms with Gasteiger partial charge in [-0.25, -0.2) is 14.8 Å². The molecule has 1 aliphatic heterocycles. The van der Waals surface area contributed by atoms with Crippen LogP contribution in [0, 0.1) is 0 Å². The maximum atomic E-state index is 12.4. The Morgan fingerprint density at radius 2 is 2.16 bits per heavy atom. The lowest BCUT2D eigenvalue weighted by atomic mass is 10.2. The second kappa shape index (κ2) is 6.10. The minimum absolute atomic E-state index is 0.0139. The van der Waals surface area contributed by atoms with E-state index in [-0.39, 0.29) is 23.0 Å². The lowest BCUT2D eigenvalue weighted by Gasteiger charge is -2.10. The predicted molar refractivity (Wildman–Crippen MR) is 88.9 cm³/mol. The maximum absolute atomic E-state index is 12.4. The molecule has 4 heterocycles. The van der Waals surface area contributed by atoms with Crippen LogP contribution in [0.15, 0.2) is 29.3 Å². The first-order chi connectivity index (χ1) is 12.1. The zero-order chi connectivity index (χ0) is 17.4. The molecule has 0 spiro atoms. The number of imidazole rings is 1. The van der Waals surface area contributed by atoms with Crippen molar-refractivity contribution >= 4 is 17.1 Å². The van der Waals surface area contributed by atoms with E-state index >= 15 is 0 Å². The number of carbonyl (C=O) groups is 1. The third-order valence-corrected chi connectivity index (χ3v) is 4.20. The van der Waals surface area contributed by atoms with Crippen LogP contribution in [0.5, 0.6) is 0 Å². The zero-order valence-corrected chi connectivity index (χ0v) is 13.3. The molecule has 1 amide bonds. The van der Waals surface area contributed by atoms with Gasteiger partial charge in [-0.15, -0.1) is 0 Å². The Balaban J connectivity index is 1.91. The number of ether oxygens (including phenoxy) is 1. The van der Waals surface area contributed by atoms with E-state index < -0.39 is 5.91 Å². The van der Waals surface area contributed by atoms with Crippen LogP contribution >= 0.6 is 0 Å². The summed E-state index contributed by atoms with van der Waals surface area (Å²) in [5, 5.41) is 0. The van der Waals surface area contributed by atoms with E-state index in [0.717, 1.165) is 12.8 Å². The van der Waals surface area contributed by atoms with Crippen molar-refractivity contribution in [2.45, 2.75) is 25.5 Å². The summed E-state index contributed by atoms with van der Waals surface area (Å²) in [6.45, 7) is 1.05. The highest BCUT2D eigenvalue weighted by molar-refractivity contribution is 6.01. The standard InChI is InChI=1S/C16H16N6O3/c17-13(23)11-12-15(21-14(19-11)9-3-5-18-6-4-9)22(16(24)20-12)8-10-2-1-7-25-10/h3-6,10H,1-2,7-8H2,(H2,17,23)(H,20,24). The largest absolute Gasteiger partial charge is 0.376 e. The summed E-state index contributed by atoms with van der Waals surface area (Å²) in [6, 6.07) is 3.45. The molecule has 0 saturated carbocycles. The number of amides is 1. The van der Waals surface area contributed by atoms with Crippen molar-refractivity contribution in [1.82, 2.24) is 24.5 Å². The van der Waals surface area contributed by atoms with Gasteiger partial charge < -0.3 is 15.5 Å². The average Bonchev–Trinajstić information content (AvgIpc) is 3.23. The molecule has 3 aromatic rings. The summed E-state index contributed by atoms with van der Waals surface area (Å²) in [6.07, 6.45) is 5.00. The van der Waals surface area contributed by atoms with E-state index in [1.54, 1.807) is 24.5 Å². The number of aromatic nitrogens is 5. The molecule has 0 bridgehead atoms. The van der Waals surface area contributed by atoms with Gasteiger partial charge in [0.1, 0.15) is 5.52 Å². The van der Waals surface area contributed by atoms with Crippen molar-refractivity contribution in [3.05, 3.63) is 40.7 Å². The maximum Gasteiger partial charge on any atom is 0.327 e. The van der Waals surface area contributed by atoms with Gasteiger partial charge in [-0.3, -0.25) is 14.3 Å². The second-order valence-electron chi connectivity index (χ2n) is 5.87. The second-order valence-corrected chi connectivity index (χ2v) is 5.87. The normalized spacial score (nSPS) is 17.2. The van der Waals surface area contributed by atoms with Gasteiger partial charge in [0.25, 0.3) is 5.91 Å². The fraction of sp³-hybridized carbons (Fsp3) is 0.312. The molecule has 9 nitrogen and oxygen atoms in total. The van der Waals surface area contributed by atoms with Gasteiger partial charge in [-0.2, -0.15) is 0 Å². The molecule has 4 rings (SSSR count). The van der Waals surface area contributed by atoms with Crippen LogP contribution in [-0.4, -0.2) is 43.1 Å². The Kier molecular flexibility index (Phi) is 3.77. The SMILES string of the molecule is NC(=O)c1nc(-c2ccncc2)nc2c1[nH]c(=O)n2CC1CCCO1. The highest BCUT2D eigenvalue weighted by Gasteiger charge is 2.23. The molecule has 1 saturated heterocycles. The predicted octanol–water partition coefficient (Wildman–Crippen LogP) is 0.459. The van der Waals surface area contributed by atoms with Crippen LogP contribution in [0.3, 0.4) is 0 Å². The summed E-state index contributed by atoms with van der Waals surface area (Å²) in [5.41, 5.74) is 6.34. The highest BCUT2D eigenvalue weighted by Crippen LogP contribution is 2.21. The number of pyridine rings is 1. The third-order valence-electron chi connectivity index (χ3n) is 4.20. The number of hydrogen-bond acceptors (Lipinski definition) is 6. The van der Waals surface area contributed by atoms with Crippen LogP contribution < -0.4 is 11.4 Å². The van der Waals surface area contributed by atoms with Crippen LogP contribution in [0.1, 0.15) is 23.3 Å². The van der Waals surface area contributed by atoms with Crippen molar-refractivity contribution < 1.29 is 9.53 Å². The molecule has 1 unspecified atom stereocenters. The van der Waals surface area contributed by atoms with E-state index in [4.69, 9.17) is 10.5 Å². The molecule has 3 N–H and O–H groups in total. The van der Waals surface area contributed by atoms with Crippen molar-refractivity contribution in [3.8, 4) is 11.4 Å². The van der Waals surface area contributed by atoms with Crippen molar-refractivity contribution in [2.24, 2.45) is 5.73 Å². The zero-order valence-electron chi connectivity index (χ0n) is 13.3. The van der Waals surface area contributed by atoms with E-state index in [0.29, 0.717) is 30.2 Å². The number of nitrogens with one attached hydrogen (secondary N) is 1. The quantitative estimate of drug-likeness (QED) is 0.710. The minimum atomic E-state index is -0.728. The van der Waals surface area contributed by atoms with Crippen molar-refractivity contribution in [3.63, 3.8) is 0 Å². The fourth-order valence-corrected chi connectivity index (χ4v) is 3.00. The van der Waals surface area contributed by atoms with Gasteiger partial charge in [0.15, 0.2) is 17.2 Å². The van der Waals surface area contributed by atoms with Crippen molar-refractivity contribution in [2.75, 3.05) is 6.61 Å². The number of primary amides is 1. The summed E-state index contributed by atoms with van der Waals surface area (Å²) >= 11 is 0. The van der Waals surface area contributed by atoms with Crippen LogP contribution in [0.2, 0.25) is 0 Å². The number of nitrogens with zero attached hydrogens (tertiary/aromatic N) is 4. The molecule has 1 aliphatic rings. The number of hydrogen-bond donors (Lipinski definition) is 2. The monoisotopic (exact) mass is 340 g/mol. The first-order valence-corrected chi connectivity index (χ1v) is 7.96. The van der Waals surface area contributed by atoms with Crippen LogP contribution in [-0.2, 0) is 11.3 Å². The number of aromatic amines is 1. The summed E-state index contributed by atoms with van der Waals surface area (Å²) in [7, 11) is 0. The number of H-pyrrole nitrogens is 1. The van der Waals surface area contributed by atoms with Gasteiger partial charge in [0.05, 0.1) is 12.6 Å². The Hall–Kier alpha value is -3.07. The summed E-state index contributed by atoms with van der Waals surface area (Å²) < 4.78 is 7.08. The number of fused-ring (bicyclic) bond motifs is 1. The average molecular weight is 340 g/mol. The van der Waals surface area contributed by atoms with Gasteiger partial charge >= 0.3 is 5.69 Å². The smallest absolute Gasteiger partial charge is 0.327 e. The van der Waals surface area contributed by atoms with E-state index in [1.165, 1.54) is 4.57 Å². The molecule has 25 heavy (non-hydrogen) atoms. The van der Waals surface area contributed by atoms with Gasteiger partial charge in [0.2, 0.25) is 0 Å². The Morgan fingerprint density at radius 3 is 2.84 bits per heavy atom. The molecule has 0 aliphatic carbocycles. The molecule has 9 heteroatoms.